The second-order valence-corrected chi connectivity index (χ2v) is 6.77. The Morgan fingerprint density at radius 3 is 2.45 bits per heavy atom. The van der Waals surface area contributed by atoms with E-state index in [-0.39, 0.29) is 17.9 Å². The number of carbonyl (C=O) groups is 2. The number of nitrogens with zero attached hydrogens (tertiary/aromatic N) is 4. The third-order valence-electron chi connectivity index (χ3n) is 3.51. The first kappa shape index (κ1) is 18.1. The van der Waals surface area contributed by atoms with Gasteiger partial charge in [-0.05, 0) is 45.6 Å². The van der Waals surface area contributed by atoms with Crippen LogP contribution in [0.15, 0.2) is 5.11 Å². The molecule has 0 aliphatic heterocycles. The van der Waals surface area contributed by atoms with Crippen LogP contribution in [0.3, 0.4) is 0 Å². The zero-order chi connectivity index (χ0) is 16.9. The highest BCUT2D eigenvalue weighted by molar-refractivity contribution is 5.78. The van der Waals surface area contributed by atoms with Gasteiger partial charge >= 0.3 is 6.09 Å². The molecule has 0 aromatic carbocycles. The van der Waals surface area contributed by atoms with Gasteiger partial charge in [0.1, 0.15) is 5.60 Å². The van der Waals surface area contributed by atoms with Crippen LogP contribution in [-0.4, -0.2) is 48.7 Å². The van der Waals surface area contributed by atoms with Crippen LogP contribution < -0.4 is 5.32 Å². The molecule has 1 fully saturated rings. The van der Waals surface area contributed by atoms with E-state index in [9.17, 15) is 9.59 Å². The Hall–Kier alpha value is -1.95. The van der Waals surface area contributed by atoms with Gasteiger partial charge in [0.05, 0.1) is 6.04 Å². The molecule has 1 saturated carbocycles. The van der Waals surface area contributed by atoms with Crippen LogP contribution in [0.1, 0.15) is 40.0 Å². The number of amides is 2. The second-order valence-electron chi connectivity index (χ2n) is 6.77. The number of hydrogen-bond acceptors (Lipinski definition) is 4. The molecule has 22 heavy (non-hydrogen) atoms. The highest BCUT2D eigenvalue weighted by Crippen LogP contribution is 2.28. The standard InChI is InChI=1S/C14H25N5O3/c1-14(2,3)22-13(21)16-11-8-9(12(20)19(4)5)6-7-10(11)17-18-15/h9-11H,6-8H2,1-5H3,(H,16,21)/t9-,10+,11+/m1/s1. The molecule has 0 heterocycles. The Morgan fingerprint density at radius 1 is 1.32 bits per heavy atom. The summed E-state index contributed by atoms with van der Waals surface area (Å²) in [4.78, 5) is 28.4. The van der Waals surface area contributed by atoms with Crippen LogP contribution in [0.25, 0.3) is 10.4 Å². The summed E-state index contributed by atoms with van der Waals surface area (Å²) >= 11 is 0. The Kier molecular flexibility index (Phi) is 6.05. The molecule has 2 amide bonds. The largest absolute Gasteiger partial charge is 0.444 e. The maximum absolute atomic E-state index is 12.1. The summed E-state index contributed by atoms with van der Waals surface area (Å²) in [5.41, 5.74) is 8.05. The molecule has 3 atom stereocenters. The fourth-order valence-electron chi connectivity index (χ4n) is 2.56. The number of azide groups is 1. The van der Waals surface area contributed by atoms with E-state index < -0.39 is 17.7 Å². The molecular formula is C14H25N5O3. The Balaban J connectivity index is 2.77. The highest BCUT2D eigenvalue weighted by Gasteiger charge is 2.35. The lowest BCUT2D eigenvalue weighted by atomic mass is 9.82. The summed E-state index contributed by atoms with van der Waals surface area (Å²) in [6.07, 6.45) is 1.09. The fourth-order valence-corrected chi connectivity index (χ4v) is 2.56. The van der Waals surface area contributed by atoms with Crippen LogP contribution in [0.2, 0.25) is 0 Å². The Bertz CT molecular complexity index is 466. The van der Waals surface area contributed by atoms with Gasteiger partial charge in [-0.2, -0.15) is 0 Å². The summed E-state index contributed by atoms with van der Waals surface area (Å²) in [7, 11) is 3.41. The zero-order valence-electron chi connectivity index (χ0n) is 13.9. The molecule has 0 radical (unpaired) electrons. The van der Waals surface area contributed by atoms with Crippen molar-refractivity contribution in [1.82, 2.24) is 10.2 Å². The SMILES string of the molecule is CN(C)C(=O)[C@@H]1CC[C@H](N=[N+]=[N-])[C@@H](NC(=O)OC(C)(C)C)C1. The molecule has 8 heteroatoms. The van der Waals surface area contributed by atoms with Crippen LogP contribution >= 0.6 is 0 Å². The maximum Gasteiger partial charge on any atom is 0.407 e. The third kappa shape index (κ3) is 5.44. The van der Waals surface area contributed by atoms with Gasteiger partial charge < -0.3 is 15.0 Å². The first-order valence-corrected chi connectivity index (χ1v) is 7.39. The number of hydrogen-bond donors (Lipinski definition) is 1. The number of carbonyl (C=O) groups excluding carboxylic acids is 2. The maximum atomic E-state index is 12.1. The van der Waals surface area contributed by atoms with Gasteiger partial charge in [-0.3, -0.25) is 4.79 Å². The van der Waals surface area contributed by atoms with Crippen molar-refractivity contribution in [3.63, 3.8) is 0 Å². The van der Waals surface area contributed by atoms with E-state index >= 15 is 0 Å². The summed E-state index contributed by atoms with van der Waals surface area (Å²) in [6, 6.07) is -0.753. The smallest absolute Gasteiger partial charge is 0.407 e. The third-order valence-corrected chi connectivity index (χ3v) is 3.51. The molecule has 0 spiro atoms. The summed E-state index contributed by atoms with van der Waals surface area (Å²) in [5, 5.41) is 6.48. The molecule has 0 bridgehead atoms. The minimum absolute atomic E-state index is 0.0235. The quantitative estimate of drug-likeness (QED) is 0.491. The van der Waals surface area contributed by atoms with Crippen molar-refractivity contribution in [3.05, 3.63) is 10.4 Å². The van der Waals surface area contributed by atoms with Crippen molar-refractivity contribution in [2.45, 2.75) is 57.7 Å². The second kappa shape index (κ2) is 7.35. The van der Waals surface area contributed by atoms with E-state index in [1.165, 1.54) is 0 Å². The van der Waals surface area contributed by atoms with Gasteiger partial charge in [0.15, 0.2) is 0 Å². The average Bonchev–Trinajstić information content (AvgIpc) is 2.37. The molecule has 0 unspecified atom stereocenters. The molecule has 8 nitrogen and oxygen atoms in total. The molecule has 124 valence electrons. The average molecular weight is 311 g/mol. The van der Waals surface area contributed by atoms with Gasteiger partial charge in [0.2, 0.25) is 5.91 Å². The molecule has 1 N–H and O–H groups in total. The van der Waals surface area contributed by atoms with Crippen molar-refractivity contribution in [1.29, 1.82) is 0 Å². The highest BCUT2D eigenvalue weighted by atomic mass is 16.6. The van der Waals surface area contributed by atoms with Crippen molar-refractivity contribution >= 4 is 12.0 Å². The van der Waals surface area contributed by atoms with Crippen LogP contribution in [0.4, 0.5) is 4.79 Å². The topological polar surface area (TPSA) is 107 Å². The van der Waals surface area contributed by atoms with Crippen LogP contribution in [0, 0.1) is 5.92 Å². The lowest BCUT2D eigenvalue weighted by Gasteiger charge is -2.35. The van der Waals surface area contributed by atoms with Gasteiger partial charge in [0, 0.05) is 31.0 Å². The molecule has 1 aliphatic rings. The number of alkyl carbamates (subject to hydrolysis) is 1. The van der Waals surface area contributed by atoms with Crippen LogP contribution in [0.5, 0.6) is 0 Å². The van der Waals surface area contributed by atoms with E-state index in [4.69, 9.17) is 10.3 Å². The van der Waals surface area contributed by atoms with E-state index in [2.05, 4.69) is 15.3 Å². The van der Waals surface area contributed by atoms with E-state index in [0.29, 0.717) is 19.3 Å². The number of nitrogens with one attached hydrogen (secondary N) is 1. The van der Waals surface area contributed by atoms with Gasteiger partial charge in [-0.1, -0.05) is 5.11 Å². The van der Waals surface area contributed by atoms with Crippen LogP contribution in [-0.2, 0) is 9.53 Å². The molecule has 0 aromatic heterocycles. The normalized spacial score (nSPS) is 24.9. The number of ether oxygens (including phenoxy) is 1. The predicted molar refractivity (Wildman–Crippen MR) is 82.1 cm³/mol. The summed E-state index contributed by atoms with van der Waals surface area (Å²) < 4.78 is 5.23. The Morgan fingerprint density at radius 2 is 1.95 bits per heavy atom. The predicted octanol–water partition coefficient (Wildman–Crippen LogP) is 2.45. The van der Waals surface area contributed by atoms with Crippen molar-refractivity contribution in [3.8, 4) is 0 Å². The molecule has 0 aromatic rings. The minimum atomic E-state index is -0.606. The van der Waals surface area contributed by atoms with E-state index in [0.717, 1.165) is 0 Å². The minimum Gasteiger partial charge on any atom is -0.444 e. The lowest BCUT2D eigenvalue weighted by Crippen LogP contribution is -2.49. The molecule has 1 aliphatic carbocycles. The van der Waals surface area contributed by atoms with Crippen molar-refractivity contribution < 1.29 is 14.3 Å². The van der Waals surface area contributed by atoms with Gasteiger partial charge in [-0.25, -0.2) is 4.79 Å². The zero-order valence-corrected chi connectivity index (χ0v) is 13.9. The summed E-state index contributed by atoms with van der Waals surface area (Å²) in [6.45, 7) is 5.32. The fraction of sp³-hybridized carbons (Fsp3) is 0.857. The summed E-state index contributed by atoms with van der Waals surface area (Å²) in [5.74, 6) is -0.157. The lowest BCUT2D eigenvalue weighted by molar-refractivity contribution is -0.134. The van der Waals surface area contributed by atoms with Gasteiger partial charge in [0.25, 0.3) is 0 Å². The van der Waals surface area contributed by atoms with Crippen molar-refractivity contribution in [2.24, 2.45) is 11.0 Å². The van der Waals surface area contributed by atoms with Crippen molar-refractivity contribution in [2.75, 3.05) is 14.1 Å². The molecule has 0 saturated heterocycles. The number of rotatable bonds is 3. The Labute approximate surface area is 130 Å². The molecule has 1 rings (SSSR count). The van der Waals surface area contributed by atoms with Gasteiger partial charge in [-0.15, -0.1) is 0 Å². The first-order chi connectivity index (χ1) is 10.1. The molecular weight excluding hydrogens is 286 g/mol. The monoisotopic (exact) mass is 311 g/mol. The van der Waals surface area contributed by atoms with E-state index in [1.54, 1.807) is 39.8 Å². The first-order valence-electron chi connectivity index (χ1n) is 7.39. The van der Waals surface area contributed by atoms with E-state index in [1.807, 2.05) is 0 Å².